The van der Waals surface area contributed by atoms with Gasteiger partial charge in [-0.15, -0.1) is 0 Å². The standard InChI is InChI=1S/C46H90N2O4/c1-7-10-13-15-23-29-37-45(50)48(40-31-39-47(5)6)44(35-27-21-17-16-20-25-32-42(4)49)36-28-22-18-19-24-30-38-46(51)52-41-43(33-12-9-3)34-26-14-11-8-2/h43-44H,7-41H2,1-6H3. The molecule has 0 aliphatic rings. The van der Waals surface area contributed by atoms with Gasteiger partial charge in [-0.05, 0) is 84.8 Å². The number of esters is 1. The van der Waals surface area contributed by atoms with Gasteiger partial charge < -0.3 is 19.3 Å². The number of ether oxygens (including phenoxy) is 1. The highest BCUT2D eigenvalue weighted by Gasteiger charge is 2.23. The number of hydrogen-bond acceptors (Lipinski definition) is 5. The predicted octanol–water partition coefficient (Wildman–Crippen LogP) is 13.0. The summed E-state index contributed by atoms with van der Waals surface area (Å²) in [6.07, 6.45) is 36.2. The molecule has 2 atom stereocenters. The Hall–Kier alpha value is -1.43. The van der Waals surface area contributed by atoms with Crippen LogP contribution in [0, 0.1) is 5.92 Å². The number of carbonyl (C=O) groups is 3. The zero-order valence-electron chi connectivity index (χ0n) is 35.9. The minimum atomic E-state index is -0.00561. The highest BCUT2D eigenvalue weighted by molar-refractivity contribution is 5.76. The number of ketones is 1. The molecule has 0 aliphatic heterocycles. The molecule has 0 rings (SSSR count). The van der Waals surface area contributed by atoms with Gasteiger partial charge in [-0.2, -0.15) is 0 Å². The molecule has 308 valence electrons. The normalized spacial score (nSPS) is 12.7. The molecule has 0 aromatic rings. The van der Waals surface area contributed by atoms with E-state index in [0.29, 0.717) is 43.1 Å². The van der Waals surface area contributed by atoms with Gasteiger partial charge in [0.1, 0.15) is 5.78 Å². The summed E-state index contributed by atoms with van der Waals surface area (Å²) in [5.74, 6) is 1.21. The zero-order chi connectivity index (χ0) is 38.5. The molecule has 0 spiro atoms. The summed E-state index contributed by atoms with van der Waals surface area (Å²) in [7, 11) is 4.25. The van der Waals surface area contributed by atoms with Crippen molar-refractivity contribution in [1.29, 1.82) is 0 Å². The van der Waals surface area contributed by atoms with Crippen LogP contribution < -0.4 is 0 Å². The van der Waals surface area contributed by atoms with Crippen molar-refractivity contribution in [3.8, 4) is 0 Å². The highest BCUT2D eigenvalue weighted by atomic mass is 16.5. The van der Waals surface area contributed by atoms with Crippen molar-refractivity contribution in [1.82, 2.24) is 9.80 Å². The SMILES string of the molecule is CCCCCCCCC(=O)N(CCCN(C)C)C(CCCCCCCCC(C)=O)CCCCCCCCC(=O)OCC(CCCC)CCCCCC. The minimum Gasteiger partial charge on any atom is -0.465 e. The Morgan fingerprint density at radius 1 is 0.481 bits per heavy atom. The smallest absolute Gasteiger partial charge is 0.305 e. The van der Waals surface area contributed by atoms with Gasteiger partial charge in [0, 0.05) is 31.8 Å². The van der Waals surface area contributed by atoms with Crippen LogP contribution in [0.25, 0.3) is 0 Å². The molecule has 0 aromatic carbocycles. The first-order valence-electron chi connectivity index (χ1n) is 22.8. The molecule has 0 radical (unpaired) electrons. The van der Waals surface area contributed by atoms with Crippen molar-refractivity contribution in [3.05, 3.63) is 0 Å². The lowest BCUT2D eigenvalue weighted by molar-refractivity contribution is -0.145. The van der Waals surface area contributed by atoms with Crippen LogP contribution in [0.3, 0.4) is 0 Å². The quantitative estimate of drug-likeness (QED) is 0.0463. The first-order chi connectivity index (χ1) is 25.2. The van der Waals surface area contributed by atoms with Crippen molar-refractivity contribution in [2.75, 3.05) is 33.8 Å². The number of amides is 1. The second-order valence-corrected chi connectivity index (χ2v) is 16.5. The summed E-state index contributed by atoms with van der Waals surface area (Å²) in [5, 5.41) is 0. The molecule has 6 heteroatoms. The number of Topliss-reactive ketones (excluding diaryl/α,β-unsaturated/α-hetero) is 1. The monoisotopic (exact) mass is 735 g/mol. The van der Waals surface area contributed by atoms with Crippen LogP contribution in [-0.4, -0.2) is 67.3 Å². The van der Waals surface area contributed by atoms with Gasteiger partial charge in [-0.3, -0.25) is 9.59 Å². The van der Waals surface area contributed by atoms with Crippen molar-refractivity contribution in [2.24, 2.45) is 5.92 Å². The summed E-state index contributed by atoms with van der Waals surface area (Å²) in [6, 6.07) is 0.343. The summed E-state index contributed by atoms with van der Waals surface area (Å²) >= 11 is 0. The molecule has 0 saturated carbocycles. The van der Waals surface area contributed by atoms with Crippen LogP contribution in [0.1, 0.15) is 233 Å². The second-order valence-electron chi connectivity index (χ2n) is 16.5. The molecule has 0 N–H and O–H groups in total. The second kappa shape index (κ2) is 37.9. The van der Waals surface area contributed by atoms with E-state index in [1.54, 1.807) is 6.92 Å². The van der Waals surface area contributed by atoms with E-state index in [-0.39, 0.29) is 5.97 Å². The molecule has 0 heterocycles. The van der Waals surface area contributed by atoms with E-state index in [2.05, 4.69) is 44.7 Å². The predicted molar refractivity (Wildman–Crippen MR) is 224 cm³/mol. The Labute approximate surface area is 324 Å². The zero-order valence-corrected chi connectivity index (χ0v) is 35.9. The fourth-order valence-corrected chi connectivity index (χ4v) is 7.49. The highest BCUT2D eigenvalue weighted by Crippen LogP contribution is 2.22. The molecule has 0 aromatic heterocycles. The van der Waals surface area contributed by atoms with E-state index < -0.39 is 0 Å². The van der Waals surface area contributed by atoms with Crippen molar-refractivity contribution < 1.29 is 19.1 Å². The minimum absolute atomic E-state index is 0.00561. The Morgan fingerprint density at radius 3 is 1.46 bits per heavy atom. The molecule has 6 nitrogen and oxygen atoms in total. The number of rotatable bonds is 40. The summed E-state index contributed by atoms with van der Waals surface area (Å²) in [5.41, 5.74) is 0. The van der Waals surface area contributed by atoms with Gasteiger partial charge in [-0.25, -0.2) is 0 Å². The largest absolute Gasteiger partial charge is 0.465 e. The number of hydrogen-bond donors (Lipinski definition) is 0. The van der Waals surface area contributed by atoms with Gasteiger partial charge in [0.15, 0.2) is 0 Å². The maximum absolute atomic E-state index is 13.7. The molecule has 0 bridgehead atoms. The van der Waals surface area contributed by atoms with E-state index in [1.165, 1.54) is 135 Å². The third-order valence-electron chi connectivity index (χ3n) is 10.9. The van der Waals surface area contributed by atoms with Crippen molar-refractivity contribution in [3.63, 3.8) is 0 Å². The topological polar surface area (TPSA) is 66.9 Å². The Bertz CT molecular complexity index is 816. The first-order valence-corrected chi connectivity index (χ1v) is 22.8. The first kappa shape index (κ1) is 50.6. The third kappa shape index (κ3) is 33.2. The van der Waals surface area contributed by atoms with Crippen LogP contribution in [0.15, 0.2) is 0 Å². The Kier molecular flexibility index (Phi) is 36.8. The van der Waals surface area contributed by atoms with Gasteiger partial charge in [-0.1, -0.05) is 156 Å². The van der Waals surface area contributed by atoms with Gasteiger partial charge in [0.25, 0.3) is 0 Å². The molecule has 52 heavy (non-hydrogen) atoms. The van der Waals surface area contributed by atoms with Crippen LogP contribution in [0.5, 0.6) is 0 Å². The number of unbranched alkanes of at least 4 members (excludes halogenated alkanes) is 19. The summed E-state index contributed by atoms with van der Waals surface area (Å²) in [6.45, 7) is 10.9. The maximum atomic E-state index is 13.7. The van der Waals surface area contributed by atoms with E-state index in [9.17, 15) is 14.4 Å². The van der Waals surface area contributed by atoms with Crippen molar-refractivity contribution >= 4 is 17.7 Å². The van der Waals surface area contributed by atoms with Crippen LogP contribution in [0.2, 0.25) is 0 Å². The lowest BCUT2D eigenvalue weighted by atomic mass is 9.96. The average molecular weight is 735 g/mol. The lowest BCUT2D eigenvalue weighted by Crippen LogP contribution is -2.41. The number of carbonyl (C=O) groups excluding carboxylic acids is 3. The van der Waals surface area contributed by atoms with Crippen LogP contribution in [0.4, 0.5) is 0 Å². The Morgan fingerprint density at radius 2 is 0.923 bits per heavy atom. The van der Waals surface area contributed by atoms with E-state index in [1.807, 2.05) is 0 Å². The molecule has 2 unspecified atom stereocenters. The Balaban J connectivity index is 4.83. The fourth-order valence-electron chi connectivity index (χ4n) is 7.49. The van der Waals surface area contributed by atoms with Crippen LogP contribution in [-0.2, 0) is 19.1 Å². The van der Waals surface area contributed by atoms with Crippen molar-refractivity contribution in [2.45, 2.75) is 239 Å². The summed E-state index contributed by atoms with van der Waals surface area (Å²) < 4.78 is 5.75. The van der Waals surface area contributed by atoms with Crippen LogP contribution >= 0.6 is 0 Å². The molecule has 0 aliphatic carbocycles. The maximum Gasteiger partial charge on any atom is 0.305 e. The third-order valence-corrected chi connectivity index (χ3v) is 10.9. The van der Waals surface area contributed by atoms with E-state index in [4.69, 9.17) is 4.74 Å². The van der Waals surface area contributed by atoms with E-state index >= 15 is 0 Å². The molecular weight excluding hydrogens is 645 g/mol. The molecule has 1 amide bonds. The van der Waals surface area contributed by atoms with Gasteiger partial charge in [0.2, 0.25) is 5.91 Å². The summed E-state index contributed by atoms with van der Waals surface area (Å²) in [4.78, 5) is 42.0. The van der Waals surface area contributed by atoms with Gasteiger partial charge in [0.05, 0.1) is 6.61 Å². The molecule has 0 saturated heterocycles. The average Bonchev–Trinajstić information content (AvgIpc) is 3.11. The molecular formula is C46H90N2O4. The lowest BCUT2D eigenvalue weighted by Gasteiger charge is -2.33. The van der Waals surface area contributed by atoms with Gasteiger partial charge >= 0.3 is 5.97 Å². The number of nitrogens with zero attached hydrogens (tertiary/aromatic N) is 2. The molecule has 0 fully saturated rings. The van der Waals surface area contributed by atoms with E-state index in [0.717, 1.165) is 70.9 Å². The fraction of sp³-hybridized carbons (Fsp3) is 0.935.